The Kier molecular flexibility index (Phi) is 5.59. The van der Waals surface area contributed by atoms with Gasteiger partial charge in [-0.25, -0.2) is 4.39 Å². The number of rotatable bonds is 5. The Morgan fingerprint density at radius 1 is 1.33 bits per heavy atom. The smallest absolute Gasteiger partial charge is 0.256 e. The van der Waals surface area contributed by atoms with Crippen LogP contribution in [0.2, 0.25) is 0 Å². The Balaban J connectivity index is 2.23. The molecule has 0 bridgehead atoms. The lowest BCUT2D eigenvalue weighted by atomic mass is 10.2. The molecule has 0 aliphatic carbocycles. The van der Waals surface area contributed by atoms with Gasteiger partial charge in [-0.2, -0.15) is 0 Å². The van der Waals surface area contributed by atoms with Gasteiger partial charge in [-0.05, 0) is 46.3 Å². The molecule has 0 aliphatic heterocycles. The Bertz CT molecular complexity index is 675. The summed E-state index contributed by atoms with van der Waals surface area (Å²) in [5, 5.41) is 2.81. The van der Waals surface area contributed by atoms with Gasteiger partial charge in [0, 0.05) is 15.1 Å². The number of carbonyl (C=O) groups is 1. The number of halogens is 2. The van der Waals surface area contributed by atoms with E-state index in [0.717, 1.165) is 10.6 Å². The van der Waals surface area contributed by atoms with Gasteiger partial charge in [0.05, 0.1) is 11.3 Å². The van der Waals surface area contributed by atoms with Gasteiger partial charge >= 0.3 is 0 Å². The summed E-state index contributed by atoms with van der Waals surface area (Å²) >= 11 is 4.83. The van der Waals surface area contributed by atoms with Crippen LogP contribution in [0.15, 0.2) is 64.5 Å². The topological polar surface area (TPSA) is 29.1 Å². The quantitative estimate of drug-likeness (QED) is 0.588. The van der Waals surface area contributed by atoms with Crippen LogP contribution < -0.4 is 5.32 Å². The van der Waals surface area contributed by atoms with Crippen LogP contribution in [0.1, 0.15) is 10.4 Å². The van der Waals surface area contributed by atoms with Crippen LogP contribution >= 0.6 is 27.7 Å². The summed E-state index contributed by atoms with van der Waals surface area (Å²) in [6.45, 7) is 3.68. The van der Waals surface area contributed by atoms with Gasteiger partial charge in [0.25, 0.3) is 5.91 Å². The highest BCUT2D eigenvalue weighted by atomic mass is 79.9. The molecule has 2 rings (SSSR count). The molecular weight excluding hydrogens is 353 g/mol. The van der Waals surface area contributed by atoms with Gasteiger partial charge in [-0.15, -0.1) is 18.3 Å². The summed E-state index contributed by atoms with van der Waals surface area (Å²) < 4.78 is 13.8. The maximum absolute atomic E-state index is 13.3. The normalized spacial score (nSPS) is 10.2. The highest BCUT2D eigenvalue weighted by Crippen LogP contribution is 2.28. The third-order valence-electron chi connectivity index (χ3n) is 2.66. The van der Waals surface area contributed by atoms with E-state index in [-0.39, 0.29) is 11.5 Å². The number of anilines is 1. The van der Waals surface area contributed by atoms with Crippen molar-refractivity contribution < 1.29 is 9.18 Å². The molecule has 21 heavy (non-hydrogen) atoms. The number of hydrogen-bond donors (Lipinski definition) is 1. The third kappa shape index (κ3) is 4.19. The van der Waals surface area contributed by atoms with Gasteiger partial charge < -0.3 is 5.32 Å². The van der Waals surface area contributed by atoms with E-state index in [1.54, 1.807) is 17.8 Å². The first kappa shape index (κ1) is 15.8. The molecule has 0 fully saturated rings. The summed E-state index contributed by atoms with van der Waals surface area (Å²) in [6.07, 6.45) is 1.80. The first-order valence-corrected chi connectivity index (χ1v) is 7.99. The fourth-order valence-corrected chi connectivity index (χ4v) is 2.88. The van der Waals surface area contributed by atoms with Crippen LogP contribution in [0.5, 0.6) is 0 Å². The molecule has 1 amide bonds. The van der Waals surface area contributed by atoms with Gasteiger partial charge in [0.15, 0.2) is 0 Å². The molecule has 0 heterocycles. The van der Waals surface area contributed by atoms with E-state index < -0.39 is 5.82 Å². The average Bonchev–Trinajstić information content (AvgIpc) is 2.48. The Hall–Kier alpha value is -1.59. The second-order valence-electron chi connectivity index (χ2n) is 4.17. The van der Waals surface area contributed by atoms with Crippen LogP contribution in [-0.2, 0) is 0 Å². The van der Waals surface area contributed by atoms with Crippen LogP contribution in [-0.4, -0.2) is 11.7 Å². The first-order chi connectivity index (χ1) is 10.1. The van der Waals surface area contributed by atoms with Gasteiger partial charge in [0.2, 0.25) is 0 Å². The molecule has 2 aromatic rings. The standard InChI is InChI=1S/C16H13BrFNOS/c1-2-9-21-15-6-4-3-5-14(15)19-16(20)12-10-11(18)7-8-13(12)17/h2-8,10H,1,9H2,(H,19,20). The highest BCUT2D eigenvalue weighted by Gasteiger charge is 2.13. The molecule has 5 heteroatoms. The lowest BCUT2D eigenvalue weighted by Crippen LogP contribution is -2.13. The van der Waals surface area contributed by atoms with E-state index in [4.69, 9.17) is 0 Å². The zero-order chi connectivity index (χ0) is 15.2. The largest absolute Gasteiger partial charge is 0.321 e. The van der Waals surface area contributed by atoms with Crippen molar-refractivity contribution in [1.29, 1.82) is 0 Å². The molecule has 0 aromatic heterocycles. The van der Waals surface area contributed by atoms with E-state index >= 15 is 0 Å². The molecular formula is C16H13BrFNOS. The number of benzene rings is 2. The Morgan fingerprint density at radius 2 is 2.10 bits per heavy atom. The summed E-state index contributed by atoms with van der Waals surface area (Å²) in [5.41, 5.74) is 0.962. The van der Waals surface area contributed by atoms with Crippen molar-refractivity contribution in [1.82, 2.24) is 0 Å². The van der Waals surface area contributed by atoms with Crippen LogP contribution in [0.25, 0.3) is 0 Å². The molecule has 108 valence electrons. The van der Waals surface area contributed by atoms with Crippen molar-refractivity contribution in [2.24, 2.45) is 0 Å². The van der Waals surface area contributed by atoms with Gasteiger partial charge in [-0.1, -0.05) is 18.2 Å². The maximum Gasteiger partial charge on any atom is 0.256 e. The monoisotopic (exact) mass is 365 g/mol. The van der Waals surface area contributed by atoms with Crippen LogP contribution in [0.3, 0.4) is 0 Å². The van der Waals surface area contributed by atoms with E-state index in [2.05, 4.69) is 27.8 Å². The van der Waals surface area contributed by atoms with Crippen molar-refractivity contribution in [2.45, 2.75) is 4.90 Å². The summed E-state index contributed by atoms with van der Waals surface area (Å²) in [7, 11) is 0. The molecule has 0 aliphatic rings. The van der Waals surface area contributed by atoms with Crippen molar-refractivity contribution in [2.75, 3.05) is 11.1 Å². The Labute approximate surface area is 135 Å². The zero-order valence-electron chi connectivity index (χ0n) is 11.1. The number of amides is 1. The first-order valence-electron chi connectivity index (χ1n) is 6.21. The second-order valence-corrected chi connectivity index (χ2v) is 6.09. The minimum Gasteiger partial charge on any atom is -0.321 e. The van der Waals surface area contributed by atoms with Crippen molar-refractivity contribution in [3.63, 3.8) is 0 Å². The SMILES string of the molecule is C=CCSc1ccccc1NC(=O)c1cc(F)ccc1Br. The zero-order valence-corrected chi connectivity index (χ0v) is 13.5. The van der Waals surface area contributed by atoms with E-state index in [1.807, 2.05) is 24.3 Å². The van der Waals surface area contributed by atoms with E-state index in [1.165, 1.54) is 18.2 Å². The van der Waals surface area contributed by atoms with Crippen molar-refractivity contribution in [3.05, 3.63) is 71.0 Å². The van der Waals surface area contributed by atoms with Gasteiger partial charge in [0.1, 0.15) is 5.82 Å². The summed E-state index contributed by atoms with van der Waals surface area (Å²) in [5.74, 6) is -0.0537. The fourth-order valence-electron chi connectivity index (χ4n) is 1.71. The molecule has 0 atom stereocenters. The summed E-state index contributed by atoms with van der Waals surface area (Å²) in [6, 6.07) is 11.5. The lowest BCUT2D eigenvalue weighted by Gasteiger charge is -2.11. The average molecular weight is 366 g/mol. The number of carbonyl (C=O) groups excluding carboxylic acids is 1. The van der Waals surface area contributed by atoms with Crippen molar-refractivity contribution in [3.8, 4) is 0 Å². The predicted octanol–water partition coefficient (Wildman–Crippen LogP) is 5.12. The maximum atomic E-state index is 13.3. The van der Waals surface area contributed by atoms with Crippen LogP contribution in [0, 0.1) is 5.82 Å². The van der Waals surface area contributed by atoms with Gasteiger partial charge in [-0.3, -0.25) is 4.79 Å². The molecule has 1 N–H and O–H groups in total. The summed E-state index contributed by atoms with van der Waals surface area (Å²) in [4.78, 5) is 13.2. The molecule has 0 radical (unpaired) electrons. The minimum atomic E-state index is -0.447. The number of nitrogens with one attached hydrogen (secondary N) is 1. The lowest BCUT2D eigenvalue weighted by molar-refractivity contribution is 0.102. The molecule has 0 unspecified atom stereocenters. The third-order valence-corrected chi connectivity index (χ3v) is 4.43. The minimum absolute atomic E-state index is 0.263. The molecule has 2 nitrogen and oxygen atoms in total. The Morgan fingerprint density at radius 3 is 2.86 bits per heavy atom. The molecule has 2 aromatic carbocycles. The second kappa shape index (κ2) is 7.43. The number of thioether (sulfide) groups is 1. The molecule has 0 spiro atoms. The highest BCUT2D eigenvalue weighted by molar-refractivity contribution is 9.10. The van der Waals surface area contributed by atoms with Crippen LogP contribution in [0.4, 0.5) is 10.1 Å². The van der Waals surface area contributed by atoms with E-state index in [0.29, 0.717) is 10.2 Å². The number of hydrogen-bond acceptors (Lipinski definition) is 2. The number of para-hydroxylation sites is 1. The molecule has 0 saturated heterocycles. The fraction of sp³-hybridized carbons (Fsp3) is 0.0625. The van der Waals surface area contributed by atoms with Crippen molar-refractivity contribution >= 4 is 39.3 Å². The molecule has 0 saturated carbocycles. The van der Waals surface area contributed by atoms with E-state index in [9.17, 15) is 9.18 Å². The predicted molar refractivity (Wildman–Crippen MR) is 89.4 cm³/mol.